The van der Waals surface area contributed by atoms with Gasteiger partial charge in [0.05, 0.1) is 5.69 Å². The van der Waals surface area contributed by atoms with Gasteiger partial charge in [-0.05, 0) is 24.6 Å². The highest BCUT2D eigenvalue weighted by molar-refractivity contribution is 7.15. The maximum absolute atomic E-state index is 6.18. The largest absolute Gasteiger partial charge is 0.323 e. The number of hydrogen-bond donors (Lipinski definition) is 1. The number of aromatic nitrogens is 2. The fourth-order valence-corrected chi connectivity index (χ4v) is 4.05. The van der Waals surface area contributed by atoms with Crippen LogP contribution in [0.15, 0.2) is 36.7 Å². The Morgan fingerprint density at radius 1 is 1.20 bits per heavy atom. The van der Waals surface area contributed by atoms with Gasteiger partial charge in [0, 0.05) is 34.3 Å². The Bertz CT molecular complexity index is 773. The van der Waals surface area contributed by atoms with E-state index in [4.69, 9.17) is 10.7 Å². The van der Waals surface area contributed by atoms with Crippen molar-refractivity contribution in [1.82, 2.24) is 9.97 Å². The highest BCUT2D eigenvalue weighted by Crippen LogP contribution is 2.37. The maximum Gasteiger partial charge on any atom is 0.126 e. The summed E-state index contributed by atoms with van der Waals surface area (Å²) in [6.45, 7) is 0. The monoisotopic (exact) mass is 281 g/mol. The van der Waals surface area contributed by atoms with Crippen LogP contribution in [0.4, 0.5) is 0 Å². The van der Waals surface area contributed by atoms with Gasteiger partial charge in [-0.15, -0.1) is 11.3 Å². The normalized spacial score (nSPS) is 18.1. The Morgan fingerprint density at radius 3 is 3.00 bits per heavy atom. The molecule has 4 heteroatoms. The molecule has 1 unspecified atom stereocenters. The van der Waals surface area contributed by atoms with Crippen molar-refractivity contribution in [2.75, 3.05) is 0 Å². The zero-order valence-corrected chi connectivity index (χ0v) is 11.9. The summed E-state index contributed by atoms with van der Waals surface area (Å²) < 4.78 is 0. The lowest BCUT2D eigenvalue weighted by molar-refractivity contribution is 0.564. The number of hydrogen-bond acceptors (Lipinski definition) is 4. The van der Waals surface area contributed by atoms with Crippen LogP contribution >= 0.6 is 11.3 Å². The van der Waals surface area contributed by atoms with E-state index < -0.39 is 0 Å². The zero-order valence-electron chi connectivity index (χ0n) is 11.0. The summed E-state index contributed by atoms with van der Waals surface area (Å²) in [4.78, 5) is 10.5. The van der Waals surface area contributed by atoms with E-state index in [1.165, 1.54) is 16.7 Å². The van der Waals surface area contributed by atoms with Crippen LogP contribution in [-0.2, 0) is 6.42 Å². The molecule has 1 aliphatic carbocycles. The molecule has 1 aromatic carbocycles. The highest BCUT2D eigenvalue weighted by atomic mass is 32.1. The molecule has 0 saturated carbocycles. The van der Waals surface area contributed by atoms with Gasteiger partial charge in [0.25, 0.3) is 0 Å². The second-order valence-electron chi connectivity index (χ2n) is 5.23. The molecule has 100 valence electrons. The van der Waals surface area contributed by atoms with Crippen molar-refractivity contribution in [2.45, 2.75) is 25.3 Å². The smallest absolute Gasteiger partial charge is 0.126 e. The molecule has 2 heterocycles. The van der Waals surface area contributed by atoms with Gasteiger partial charge < -0.3 is 5.73 Å². The van der Waals surface area contributed by atoms with Crippen molar-refractivity contribution in [3.05, 3.63) is 47.2 Å². The summed E-state index contributed by atoms with van der Waals surface area (Å²) in [7, 11) is 0. The first-order chi connectivity index (χ1) is 9.83. The number of thiazole rings is 1. The molecule has 0 saturated heterocycles. The summed E-state index contributed by atoms with van der Waals surface area (Å²) in [6, 6.07) is 8.42. The Morgan fingerprint density at radius 2 is 2.10 bits per heavy atom. The van der Waals surface area contributed by atoms with Gasteiger partial charge in [0.15, 0.2) is 0 Å². The molecule has 0 radical (unpaired) electrons. The van der Waals surface area contributed by atoms with Crippen molar-refractivity contribution in [3.8, 4) is 10.6 Å². The summed E-state index contributed by atoms with van der Waals surface area (Å²) >= 11 is 1.78. The molecule has 0 spiro atoms. The third-order valence-corrected chi connectivity index (χ3v) is 5.06. The van der Waals surface area contributed by atoms with Crippen LogP contribution in [0.5, 0.6) is 0 Å². The van der Waals surface area contributed by atoms with Gasteiger partial charge in [0.2, 0.25) is 0 Å². The number of nitrogens with two attached hydrogens (primary N) is 1. The van der Waals surface area contributed by atoms with E-state index in [9.17, 15) is 0 Å². The van der Waals surface area contributed by atoms with E-state index in [1.54, 1.807) is 11.3 Å². The van der Waals surface area contributed by atoms with E-state index in [-0.39, 0.29) is 6.04 Å². The average Bonchev–Trinajstić information content (AvgIpc) is 2.92. The lowest BCUT2D eigenvalue weighted by atomic mass is 9.98. The van der Waals surface area contributed by atoms with Crippen LogP contribution in [0.1, 0.15) is 29.5 Å². The molecule has 3 aromatic rings. The standard InChI is InChI=1S/C16H15N3S/c17-13-6-3-7-14-15(13)19-16(20-14)12-9-18-8-10-4-1-2-5-11(10)12/h1-2,4-5,8-9,13H,3,6-7,17H2. The zero-order chi connectivity index (χ0) is 13.5. The number of aryl methyl sites for hydroxylation is 1. The first-order valence-electron chi connectivity index (χ1n) is 6.91. The van der Waals surface area contributed by atoms with Crippen LogP contribution in [0.3, 0.4) is 0 Å². The molecular formula is C16H15N3S. The molecular weight excluding hydrogens is 266 g/mol. The second-order valence-corrected chi connectivity index (χ2v) is 6.32. The molecule has 20 heavy (non-hydrogen) atoms. The lowest BCUT2D eigenvalue weighted by Crippen LogP contribution is -2.16. The molecule has 2 aromatic heterocycles. The van der Waals surface area contributed by atoms with Crippen LogP contribution < -0.4 is 5.73 Å². The van der Waals surface area contributed by atoms with E-state index in [0.717, 1.165) is 34.5 Å². The Kier molecular flexibility index (Phi) is 2.79. The van der Waals surface area contributed by atoms with Gasteiger partial charge in [-0.1, -0.05) is 24.3 Å². The third kappa shape index (κ3) is 1.84. The number of benzene rings is 1. The van der Waals surface area contributed by atoms with Gasteiger partial charge in [-0.25, -0.2) is 4.98 Å². The highest BCUT2D eigenvalue weighted by Gasteiger charge is 2.22. The second kappa shape index (κ2) is 4.65. The molecule has 0 aliphatic heterocycles. The fraction of sp³-hybridized carbons (Fsp3) is 0.250. The predicted octanol–water partition coefficient (Wildman–Crippen LogP) is 3.69. The van der Waals surface area contributed by atoms with Gasteiger partial charge in [-0.3, -0.25) is 4.98 Å². The minimum Gasteiger partial charge on any atom is -0.323 e. The van der Waals surface area contributed by atoms with Gasteiger partial charge in [-0.2, -0.15) is 0 Å². The van der Waals surface area contributed by atoms with Crippen LogP contribution in [-0.4, -0.2) is 9.97 Å². The maximum atomic E-state index is 6.18. The van der Waals surface area contributed by atoms with E-state index >= 15 is 0 Å². The lowest BCUT2D eigenvalue weighted by Gasteiger charge is -2.15. The molecule has 0 fully saturated rings. The first kappa shape index (κ1) is 12.0. The van der Waals surface area contributed by atoms with Crippen molar-refractivity contribution >= 4 is 22.1 Å². The van der Waals surface area contributed by atoms with E-state index in [2.05, 4.69) is 23.2 Å². The minimum absolute atomic E-state index is 0.103. The molecule has 4 rings (SSSR count). The summed E-state index contributed by atoms with van der Waals surface area (Å²) in [6.07, 6.45) is 7.14. The van der Waals surface area contributed by atoms with Crippen molar-refractivity contribution in [1.29, 1.82) is 0 Å². The van der Waals surface area contributed by atoms with Crippen molar-refractivity contribution in [3.63, 3.8) is 0 Å². The molecule has 3 nitrogen and oxygen atoms in total. The van der Waals surface area contributed by atoms with E-state index in [1.807, 2.05) is 18.5 Å². The molecule has 0 bridgehead atoms. The number of rotatable bonds is 1. The van der Waals surface area contributed by atoms with Crippen LogP contribution in [0.25, 0.3) is 21.3 Å². The molecule has 1 atom stereocenters. The third-order valence-electron chi connectivity index (χ3n) is 3.90. The average molecular weight is 281 g/mol. The number of pyridine rings is 1. The SMILES string of the molecule is NC1CCCc2sc(-c3cncc4ccccc34)nc21. The minimum atomic E-state index is 0.103. The number of fused-ring (bicyclic) bond motifs is 2. The molecule has 2 N–H and O–H groups in total. The molecule has 0 amide bonds. The topological polar surface area (TPSA) is 51.8 Å². The van der Waals surface area contributed by atoms with Crippen LogP contribution in [0, 0.1) is 0 Å². The quantitative estimate of drug-likeness (QED) is 0.740. The van der Waals surface area contributed by atoms with Crippen molar-refractivity contribution in [2.24, 2.45) is 5.73 Å². The predicted molar refractivity (Wildman–Crippen MR) is 82.7 cm³/mol. The number of nitrogens with zero attached hydrogens (tertiary/aromatic N) is 2. The Balaban J connectivity index is 1.92. The van der Waals surface area contributed by atoms with E-state index in [0.29, 0.717) is 0 Å². The van der Waals surface area contributed by atoms with Gasteiger partial charge >= 0.3 is 0 Å². The molecule has 1 aliphatic rings. The summed E-state index contributed by atoms with van der Waals surface area (Å²) in [5.74, 6) is 0. The fourth-order valence-electron chi connectivity index (χ4n) is 2.85. The summed E-state index contributed by atoms with van der Waals surface area (Å²) in [5, 5.41) is 3.42. The van der Waals surface area contributed by atoms with Gasteiger partial charge in [0.1, 0.15) is 5.01 Å². The summed E-state index contributed by atoms with van der Waals surface area (Å²) in [5.41, 5.74) is 8.40. The van der Waals surface area contributed by atoms with Crippen molar-refractivity contribution < 1.29 is 0 Å². The van der Waals surface area contributed by atoms with Crippen LogP contribution in [0.2, 0.25) is 0 Å². The first-order valence-corrected chi connectivity index (χ1v) is 7.73. The Hall–Kier alpha value is -1.78. The Labute approximate surface area is 121 Å².